The van der Waals surface area contributed by atoms with E-state index in [1.807, 2.05) is 0 Å². The first-order valence-corrected chi connectivity index (χ1v) is 7.72. The maximum absolute atomic E-state index is 12.5. The van der Waals surface area contributed by atoms with Crippen molar-refractivity contribution < 1.29 is 17.9 Å². The van der Waals surface area contributed by atoms with Crippen LogP contribution in [0.15, 0.2) is 38.6 Å². The van der Waals surface area contributed by atoms with Crippen molar-refractivity contribution in [3.8, 4) is 0 Å². The van der Waals surface area contributed by atoms with Crippen LogP contribution in [0.2, 0.25) is 0 Å². The fourth-order valence-corrected chi connectivity index (χ4v) is 4.26. The highest BCUT2D eigenvalue weighted by Crippen LogP contribution is 2.27. The van der Waals surface area contributed by atoms with Gasteiger partial charge < -0.3 is 4.74 Å². The van der Waals surface area contributed by atoms with Gasteiger partial charge in [-0.15, -0.1) is 0 Å². The maximum atomic E-state index is 12.5. The van der Waals surface area contributed by atoms with Gasteiger partial charge in [-0.1, -0.05) is 12.1 Å². The second-order valence-electron chi connectivity index (χ2n) is 3.82. The minimum atomic E-state index is -3.73. The van der Waals surface area contributed by atoms with Gasteiger partial charge in [-0.25, -0.2) is 13.2 Å². The zero-order valence-corrected chi connectivity index (χ0v) is 12.2. The Morgan fingerprint density at radius 2 is 2.16 bits per heavy atom. The summed E-state index contributed by atoms with van der Waals surface area (Å²) in [5.41, 5.74) is 0. The smallest absolute Gasteiger partial charge is 0.246 e. The topological polar surface area (TPSA) is 76.0 Å². The molecule has 0 N–H and O–H groups in total. The summed E-state index contributed by atoms with van der Waals surface area (Å²) < 4.78 is 31.8. The van der Waals surface area contributed by atoms with Crippen LogP contribution < -0.4 is 0 Å². The van der Waals surface area contributed by atoms with Gasteiger partial charge in [-0.2, -0.15) is 9.30 Å². The Morgan fingerprint density at radius 3 is 2.84 bits per heavy atom. The number of aliphatic imine (C=N–C) groups is 1. The van der Waals surface area contributed by atoms with Crippen LogP contribution in [-0.2, 0) is 19.6 Å². The van der Waals surface area contributed by atoms with Gasteiger partial charge in [0.15, 0.2) is 6.17 Å². The normalized spacial score (nSPS) is 20.8. The highest BCUT2D eigenvalue weighted by molar-refractivity contribution is 9.10. The molecule has 1 unspecified atom stereocenters. The van der Waals surface area contributed by atoms with Crippen LogP contribution in [0.25, 0.3) is 0 Å². The third-order valence-electron chi connectivity index (χ3n) is 2.68. The van der Waals surface area contributed by atoms with Crippen LogP contribution in [0.5, 0.6) is 0 Å². The van der Waals surface area contributed by atoms with Gasteiger partial charge in [0.2, 0.25) is 16.1 Å². The van der Waals surface area contributed by atoms with Crippen LogP contribution in [0.3, 0.4) is 0 Å². The quantitative estimate of drug-likeness (QED) is 0.607. The van der Waals surface area contributed by atoms with E-state index < -0.39 is 16.2 Å². The molecule has 0 radical (unpaired) electrons. The van der Waals surface area contributed by atoms with E-state index in [0.29, 0.717) is 4.47 Å². The molecule has 8 heteroatoms. The molecule has 1 aliphatic rings. The number of morpholine rings is 1. The molecule has 0 saturated carbocycles. The Labute approximate surface area is 119 Å². The van der Waals surface area contributed by atoms with Crippen molar-refractivity contribution in [1.29, 1.82) is 0 Å². The summed E-state index contributed by atoms with van der Waals surface area (Å²) >= 11 is 3.21. The Balaban J connectivity index is 2.43. The van der Waals surface area contributed by atoms with E-state index in [-0.39, 0.29) is 24.7 Å². The number of ether oxygens (including phenoxy) is 1. The van der Waals surface area contributed by atoms with Crippen molar-refractivity contribution in [2.45, 2.75) is 11.1 Å². The van der Waals surface area contributed by atoms with Crippen LogP contribution >= 0.6 is 15.9 Å². The van der Waals surface area contributed by atoms with Crippen molar-refractivity contribution in [3.05, 3.63) is 28.7 Å². The number of halogens is 1. The van der Waals surface area contributed by atoms with Gasteiger partial charge in [0.1, 0.15) is 0 Å². The molecule has 0 amide bonds. The zero-order chi connectivity index (χ0) is 13.9. The first-order chi connectivity index (χ1) is 9.07. The lowest BCUT2D eigenvalue weighted by molar-refractivity contribution is 0.0359. The number of benzene rings is 1. The summed E-state index contributed by atoms with van der Waals surface area (Å²) in [7, 11) is -3.73. The van der Waals surface area contributed by atoms with E-state index in [9.17, 15) is 13.2 Å². The number of isocyanates is 1. The second-order valence-corrected chi connectivity index (χ2v) is 6.54. The Hall–Kier alpha value is -1.05. The molecular formula is C11H11BrN2O4S. The molecule has 0 aromatic heterocycles. The van der Waals surface area contributed by atoms with Crippen molar-refractivity contribution in [2.24, 2.45) is 4.99 Å². The van der Waals surface area contributed by atoms with Crippen LogP contribution in [0.1, 0.15) is 0 Å². The first-order valence-electron chi connectivity index (χ1n) is 5.48. The SMILES string of the molecule is O=C=NC1COCCN1S(=O)(=O)c1ccccc1Br. The molecule has 1 fully saturated rings. The molecule has 1 atom stereocenters. The molecule has 0 aliphatic carbocycles. The van der Waals surface area contributed by atoms with Gasteiger partial charge in [0.25, 0.3) is 0 Å². The van der Waals surface area contributed by atoms with Crippen molar-refractivity contribution >= 4 is 32.0 Å². The molecule has 1 aliphatic heterocycles. The van der Waals surface area contributed by atoms with Gasteiger partial charge >= 0.3 is 0 Å². The van der Waals surface area contributed by atoms with E-state index >= 15 is 0 Å². The predicted molar refractivity (Wildman–Crippen MR) is 70.8 cm³/mol. The average molecular weight is 347 g/mol. The predicted octanol–water partition coefficient (Wildman–Crippen LogP) is 1.13. The van der Waals surface area contributed by atoms with E-state index in [1.54, 1.807) is 18.2 Å². The number of hydrogen-bond acceptors (Lipinski definition) is 5. The second kappa shape index (κ2) is 5.94. The zero-order valence-electron chi connectivity index (χ0n) is 9.82. The highest BCUT2D eigenvalue weighted by Gasteiger charge is 2.35. The van der Waals surface area contributed by atoms with Crippen LogP contribution in [0, 0.1) is 0 Å². The summed E-state index contributed by atoms with van der Waals surface area (Å²) in [6.45, 7) is 0.479. The molecule has 1 aromatic rings. The molecule has 19 heavy (non-hydrogen) atoms. The van der Waals surface area contributed by atoms with Crippen LogP contribution in [-0.4, -0.2) is 44.7 Å². The third kappa shape index (κ3) is 2.93. The van der Waals surface area contributed by atoms with E-state index in [1.165, 1.54) is 12.1 Å². The highest BCUT2D eigenvalue weighted by atomic mass is 79.9. The summed E-state index contributed by atoms with van der Waals surface area (Å²) in [6, 6.07) is 6.50. The molecule has 6 nitrogen and oxygen atoms in total. The van der Waals surface area contributed by atoms with Crippen molar-refractivity contribution in [2.75, 3.05) is 19.8 Å². The molecule has 1 aromatic carbocycles. The number of sulfonamides is 1. The molecule has 0 spiro atoms. The van der Waals surface area contributed by atoms with Crippen molar-refractivity contribution in [3.63, 3.8) is 0 Å². The molecular weight excluding hydrogens is 336 g/mol. The Morgan fingerprint density at radius 1 is 1.42 bits per heavy atom. The minimum Gasteiger partial charge on any atom is -0.376 e. The van der Waals surface area contributed by atoms with E-state index in [4.69, 9.17) is 4.74 Å². The number of hydrogen-bond donors (Lipinski definition) is 0. The maximum Gasteiger partial charge on any atom is 0.246 e. The fraction of sp³-hybridized carbons (Fsp3) is 0.364. The summed E-state index contributed by atoms with van der Waals surface area (Å²) in [4.78, 5) is 14.0. The summed E-state index contributed by atoms with van der Waals surface area (Å²) in [5.74, 6) is 0. The van der Waals surface area contributed by atoms with E-state index in [2.05, 4.69) is 20.9 Å². The summed E-state index contributed by atoms with van der Waals surface area (Å²) in [5, 5.41) is 0. The van der Waals surface area contributed by atoms with Gasteiger partial charge in [0, 0.05) is 11.0 Å². The molecule has 1 heterocycles. The monoisotopic (exact) mass is 346 g/mol. The third-order valence-corrected chi connectivity index (χ3v) is 5.59. The van der Waals surface area contributed by atoms with Gasteiger partial charge in [-0.05, 0) is 28.1 Å². The largest absolute Gasteiger partial charge is 0.376 e. The standard InChI is InChI=1S/C11H11BrN2O4S/c12-9-3-1-2-4-10(9)19(16,17)14-5-6-18-7-11(14)13-8-15/h1-4,11H,5-7H2. The lowest BCUT2D eigenvalue weighted by atomic mass is 10.4. The number of nitrogens with zero attached hydrogens (tertiary/aromatic N) is 2. The molecule has 1 saturated heterocycles. The lowest BCUT2D eigenvalue weighted by Gasteiger charge is -2.31. The average Bonchev–Trinajstić information content (AvgIpc) is 2.40. The van der Waals surface area contributed by atoms with E-state index in [0.717, 1.165) is 4.31 Å². The summed E-state index contributed by atoms with van der Waals surface area (Å²) in [6.07, 6.45) is 0.525. The first kappa shape index (κ1) is 14.4. The Kier molecular flexibility index (Phi) is 4.49. The lowest BCUT2D eigenvalue weighted by Crippen LogP contribution is -2.47. The fourth-order valence-electron chi connectivity index (χ4n) is 1.80. The van der Waals surface area contributed by atoms with Gasteiger partial charge in [-0.3, -0.25) is 0 Å². The minimum absolute atomic E-state index is 0.0545. The van der Waals surface area contributed by atoms with Crippen molar-refractivity contribution in [1.82, 2.24) is 4.31 Å². The molecule has 0 bridgehead atoms. The number of rotatable bonds is 3. The Bertz CT molecular complexity index is 613. The van der Waals surface area contributed by atoms with Gasteiger partial charge in [0.05, 0.1) is 18.1 Å². The molecule has 102 valence electrons. The van der Waals surface area contributed by atoms with Crippen LogP contribution in [0.4, 0.5) is 0 Å². The molecule has 2 rings (SSSR count). The number of carbonyl (C=O) groups excluding carboxylic acids is 1.